The third kappa shape index (κ3) is 18.4. The van der Waals surface area contributed by atoms with Gasteiger partial charge in [-0.05, 0) is 33.6 Å². The van der Waals surface area contributed by atoms with Crippen molar-refractivity contribution >= 4 is 10.4 Å². The number of hydrogen-bond donors (Lipinski definition) is 0. The van der Waals surface area contributed by atoms with Gasteiger partial charge in [0.05, 0.1) is 33.3 Å². The molecule has 154 valence electrons. The molecule has 0 heterocycles. The second kappa shape index (κ2) is 17.3. The molecule has 6 heteroatoms. The van der Waals surface area contributed by atoms with Gasteiger partial charge < -0.3 is 9.04 Å². The van der Waals surface area contributed by atoms with Gasteiger partial charge in [0.1, 0.15) is 0 Å². The fourth-order valence-electron chi connectivity index (χ4n) is 3.08. The summed E-state index contributed by atoms with van der Waals surface area (Å²) in [5, 5.41) is 0. The number of rotatable bonds is 15. The van der Waals surface area contributed by atoms with Crippen molar-refractivity contribution in [3.05, 3.63) is 0 Å². The number of unbranched alkanes of at least 4 members (excludes halogenated alkanes) is 9. The maximum absolute atomic E-state index is 9.22. The van der Waals surface area contributed by atoms with Gasteiger partial charge in [-0.1, -0.05) is 58.3 Å². The first-order valence-corrected chi connectivity index (χ1v) is 11.5. The van der Waals surface area contributed by atoms with E-state index in [1.165, 1.54) is 94.9 Å². The Morgan fingerprint density at radius 3 is 1.32 bits per heavy atom. The fraction of sp³-hybridized carbons (Fsp3) is 1.00. The molecule has 0 amide bonds. The Kier molecular flexibility index (Phi) is 18.7. The second-order valence-electron chi connectivity index (χ2n) is 6.77. The van der Waals surface area contributed by atoms with E-state index in [1.54, 1.807) is 0 Å². The van der Waals surface area contributed by atoms with Crippen LogP contribution >= 0.6 is 0 Å². The Morgan fingerprint density at radius 1 is 0.720 bits per heavy atom. The summed E-state index contributed by atoms with van der Waals surface area (Å²) >= 11 is 0. The molecule has 0 bridgehead atoms. The highest BCUT2D eigenvalue weighted by atomic mass is 32.3. The van der Waals surface area contributed by atoms with Gasteiger partial charge in [-0.3, -0.25) is 4.18 Å². The van der Waals surface area contributed by atoms with Crippen LogP contribution in [-0.4, -0.2) is 50.7 Å². The van der Waals surface area contributed by atoms with Gasteiger partial charge in [0.2, 0.25) is 10.4 Å². The normalized spacial score (nSPS) is 11.9. The van der Waals surface area contributed by atoms with Crippen LogP contribution < -0.4 is 0 Å². The smallest absolute Gasteiger partial charge is 0.217 e. The van der Waals surface area contributed by atoms with E-state index in [9.17, 15) is 13.0 Å². The van der Waals surface area contributed by atoms with Crippen LogP contribution in [0.25, 0.3) is 0 Å². The molecule has 0 aliphatic carbocycles. The third-order valence-electron chi connectivity index (χ3n) is 5.20. The molecule has 0 fully saturated rings. The van der Waals surface area contributed by atoms with Gasteiger partial charge in [0, 0.05) is 0 Å². The van der Waals surface area contributed by atoms with Crippen molar-refractivity contribution in [2.75, 3.05) is 33.3 Å². The van der Waals surface area contributed by atoms with Crippen LogP contribution in [0.4, 0.5) is 0 Å². The molecule has 0 aliphatic rings. The van der Waals surface area contributed by atoms with E-state index in [-0.39, 0.29) is 0 Å². The van der Waals surface area contributed by atoms with E-state index in [1.807, 2.05) is 0 Å². The predicted molar refractivity (Wildman–Crippen MR) is 105 cm³/mol. The molecule has 0 radical (unpaired) electrons. The van der Waals surface area contributed by atoms with E-state index < -0.39 is 10.4 Å². The summed E-state index contributed by atoms with van der Waals surface area (Å²) in [4.78, 5) is 0. The highest BCUT2D eigenvalue weighted by Crippen LogP contribution is 2.13. The van der Waals surface area contributed by atoms with Crippen molar-refractivity contribution < 1.29 is 21.6 Å². The summed E-state index contributed by atoms with van der Waals surface area (Å²) in [5.74, 6) is 0. The zero-order valence-electron chi connectivity index (χ0n) is 17.4. The molecule has 0 aliphatic heterocycles. The molecule has 0 rings (SSSR count). The summed E-state index contributed by atoms with van der Waals surface area (Å²) in [7, 11) is -3.60. The van der Waals surface area contributed by atoms with Crippen molar-refractivity contribution in [3.63, 3.8) is 0 Å². The molecule has 0 aromatic heterocycles. The predicted octanol–water partition coefficient (Wildman–Crippen LogP) is 4.88. The monoisotopic (exact) mass is 381 g/mol. The number of nitrogens with zero attached hydrogens (tertiary/aromatic N) is 1. The average molecular weight is 382 g/mol. The van der Waals surface area contributed by atoms with Crippen molar-refractivity contribution in [1.82, 2.24) is 0 Å². The van der Waals surface area contributed by atoms with Gasteiger partial charge >= 0.3 is 0 Å². The first kappa shape index (κ1) is 27.1. The third-order valence-corrected chi connectivity index (χ3v) is 5.61. The van der Waals surface area contributed by atoms with E-state index in [2.05, 4.69) is 31.9 Å². The molecular weight excluding hydrogens is 338 g/mol. The van der Waals surface area contributed by atoms with Crippen LogP contribution in [0.3, 0.4) is 0 Å². The number of quaternary nitrogens is 1. The first-order valence-electron chi connectivity index (χ1n) is 10.2. The van der Waals surface area contributed by atoms with Crippen molar-refractivity contribution in [3.8, 4) is 0 Å². The van der Waals surface area contributed by atoms with Crippen LogP contribution in [0.2, 0.25) is 0 Å². The van der Waals surface area contributed by atoms with Crippen LogP contribution in [0.1, 0.15) is 91.9 Å². The van der Waals surface area contributed by atoms with Gasteiger partial charge in [0.25, 0.3) is 0 Å². The SMILES string of the molecule is CCCCCCCCCCCC[N+](CC)(CC)CC.COS(=O)(=O)[O-]. The lowest BCUT2D eigenvalue weighted by Crippen LogP contribution is -2.48. The minimum absolute atomic E-state index is 0.808. The van der Waals surface area contributed by atoms with Crippen molar-refractivity contribution in [2.24, 2.45) is 0 Å². The lowest BCUT2D eigenvalue weighted by Gasteiger charge is -2.35. The average Bonchev–Trinajstić information content (AvgIpc) is 2.60. The summed E-state index contributed by atoms with van der Waals surface area (Å²) in [6, 6.07) is 0. The first-order chi connectivity index (χ1) is 11.8. The van der Waals surface area contributed by atoms with Gasteiger partial charge in [-0.15, -0.1) is 0 Å². The lowest BCUT2D eigenvalue weighted by atomic mass is 10.1. The minimum Gasteiger partial charge on any atom is -0.726 e. The quantitative estimate of drug-likeness (QED) is 0.175. The van der Waals surface area contributed by atoms with Gasteiger partial charge in [-0.25, -0.2) is 8.42 Å². The fourth-order valence-corrected chi connectivity index (χ4v) is 3.08. The Bertz CT molecular complexity index is 359. The molecule has 25 heavy (non-hydrogen) atoms. The Morgan fingerprint density at radius 2 is 1.04 bits per heavy atom. The molecule has 0 aromatic rings. The maximum Gasteiger partial charge on any atom is 0.217 e. The zero-order chi connectivity index (χ0) is 19.6. The maximum atomic E-state index is 9.22. The molecule has 0 saturated heterocycles. The van der Waals surface area contributed by atoms with Crippen LogP contribution in [0.5, 0.6) is 0 Å². The number of hydrogen-bond acceptors (Lipinski definition) is 4. The molecular formula is C19H43NO4S. The van der Waals surface area contributed by atoms with Gasteiger partial charge in [-0.2, -0.15) is 0 Å². The van der Waals surface area contributed by atoms with Crippen LogP contribution in [0.15, 0.2) is 0 Å². The Balaban J connectivity index is 0. The zero-order valence-corrected chi connectivity index (χ0v) is 18.2. The van der Waals surface area contributed by atoms with Crippen LogP contribution in [-0.2, 0) is 14.6 Å². The molecule has 0 spiro atoms. The minimum atomic E-state index is -4.41. The lowest BCUT2D eigenvalue weighted by molar-refractivity contribution is -0.923. The van der Waals surface area contributed by atoms with Crippen molar-refractivity contribution in [2.45, 2.75) is 91.9 Å². The van der Waals surface area contributed by atoms with E-state index in [0.29, 0.717) is 0 Å². The highest BCUT2D eigenvalue weighted by molar-refractivity contribution is 7.80. The molecule has 0 unspecified atom stereocenters. The molecule has 0 N–H and O–H groups in total. The van der Waals surface area contributed by atoms with Gasteiger partial charge in [0.15, 0.2) is 0 Å². The van der Waals surface area contributed by atoms with E-state index >= 15 is 0 Å². The Hall–Kier alpha value is -0.170. The molecule has 0 atom stereocenters. The molecule has 0 saturated carbocycles. The van der Waals surface area contributed by atoms with Crippen LogP contribution in [0, 0.1) is 0 Å². The standard InChI is InChI=1S/C18H40N.CH4O4S/c1-5-9-10-11-12-13-14-15-16-17-18-19(6-2,7-3)8-4;1-5-6(2,3)4/h5-18H2,1-4H3;1H3,(H,2,3,4)/q+1;/p-1. The largest absolute Gasteiger partial charge is 0.726 e. The van der Waals surface area contributed by atoms with E-state index in [4.69, 9.17) is 0 Å². The summed E-state index contributed by atoms with van der Waals surface area (Å²) < 4.78 is 32.4. The summed E-state index contributed by atoms with van der Waals surface area (Å²) in [5.41, 5.74) is 0. The topological polar surface area (TPSA) is 66.4 Å². The van der Waals surface area contributed by atoms with E-state index in [0.717, 1.165) is 7.11 Å². The second-order valence-corrected chi connectivity index (χ2v) is 7.92. The Labute approximate surface area is 157 Å². The highest BCUT2D eigenvalue weighted by Gasteiger charge is 2.19. The molecule has 5 nitrogen and oxygen atoms in total. The summed E-state index contributed by atoms with van der Waals surface area (Å²) in [6.45, 7) is 14.7. The van der Waals surface area contributed by atoms with Crippen molar-refractivity contribution in [1.29, 1.82) is 0 Å². The summed E-state index contributed by atoms with van der Waals surface area (Å²) in [6.07, 6.45) is 14.5. The molecule has 0 aromatic carbocycles.